The molecule has 0 aromatic rings. The van der Waals surface area contributed by atoms with Gasteiger partial charge in [0.25, 0.3) is 0 Å². The first-order chi connectivity index (χ1) is 2.81. The molecule has 3 heteroatoms. The molecule has 0 aromatic heterocycles. The molecule has 1 N–H and O–H groups in total. The van der Waals surface area contributed by atoms with Gasteiger partial charge in [0.05, 0.1) is 0 Å². The predicted molar refractivity (Wildman–Crippen MR) is 23.3 cm³/mol. The second-order valence-corrected chi connectivity index (χ2v) is 1.10. The minimum atomic E-state index is -0.565. The van der Waals surface area contributed by atoms with Crippen LogP contribution < -0.4 is 0 Å². The molecule has 7 heavy (non-hydrogen) atoms. The first kappa shape index (κ1) is 11.0. The van der Waals surface area contributed by atoms with Gasteiger partial charge in [-0.15, -0.1) is 0 Å². The van der Waals surface area contributed by atoms with E-state index < -0.39 is 6.29 Å². The Bertz CT molecular complexity index is 28.9. The normalized spacial score (nSPS) is 12.4. The predicted octanol–water partition coefficient (Wildman–Crippen LogP) is 0.361. The Morgan fingerprint density at radius 2 is 2.14 bits per heavy atom. The van der Waals surface area contributed by atoms with E-state index in [0.717, 1.165) is 0 Å². The van der Waals surface area contributed by atoms with Crippen molar-refractivity contribution in [3.63, 3.8) is 0 Å². The molecule has 0 amide bonds. The van der Waals surface area contributed by atoms with Gasteiger partial charge in [-0.25, -0.2) is 0 Å². The van der Waals surface area contributed by atoms with Crippen LogP contribution in [0.15, 0.2) is 0 Å². The molecule has 0 bridgehead atoms. The van der Waals surface area contributed by atoms with Crippen LogP contribution in [0.4, 0.5) is 0 Å². The molecule has 0 saturated heterocycles. The number of aliphatic hydroxyl groups is 1. The van der Waals surface area contributed by atoms with Gasteiger partial charge in [0.1, 0.15) is 0 Å². The van der Waals surface area contributed by atoms with Gasteiger partial charge in [-0.05, 0) is 6.42 Å². The van der Waals surface area contributed by atoms with Crippen molar-refractivity contribution in [2.75, 3.05) is 7.11 Å². The zero-order chi connectivity index (χ0) is 4.99. The van der Waals surface area contributed by atoms with Crippen molar-refractivity contribution in [1.82, 2.24) is 0 Å². The summed E-state index contributed by atoms with van der Waals surface area (Å²) in [6, 6.07) is 0. The Morgan fingerprint density at radius 3 is 2.14 bits per heavy atom. The molecule has 1 atom stereocenters. The van der Waals surface area contributed by atoms with E-state index in [9.17, 15) is 0 Å². The molecule has 0 aromatic carbocycles. The van der Waals surface area contributed by atoms with Gasteiger partial charge < -0.3 is 9.84 Å². The first-order valence-corrected chi connectivity index (χ1v) is 2.02. The first-order valence-electron chi connectivity index (χ1n) is 2.02. The topological polar surface area (TPSA) is 29.5 Å². The summed E-state index contributed by atoms with van der Waals surface area (Å²) in [5.41, 5.74) is 0. The molecule has 0 rings (SSSR count). The minimum absolute atomic E-state index is 0. The summed E-state index contributed by atoms with van der Waals surface area (Å²) in [5.74, 6) is 0. The Balaban J connectivity index is 0. The van der Waals surface area contributed by atoms with Gasteiger partial charge in [0.2, 0.25) is 0 Å². The van der Waals surface area contributed by atoms with Crippen LogP contribution in [0.2, 0.25) is 0 Å². The molecular weight excluding hydrogens is 219 g/mol. The summed E-state index contributed by atoms with van der Waals surface area (Å²) in [6.45, 7) is 1.86. The number of ether oxygens (including phenoxy) is 1. The average molecular weight is 229 g/mol. The van der Waals surface area contributed by atoms with E-state index in [1.807, 2.05) is 6.92 Å². The molecular formula is C4H10LaO2. The maximum atomic E-state index is 8.44. The van der Waals surface area contributed by atoms with Crippen LogP contribution in [0.5, 0.6) is 0 Å². The van der Waals surface area contributed by atoms with Gasteiger partial charge in [-0.2, -0.15) is 0 Å². The summed E-state index contributed by atoms with van der Waals surface area (Å²) < 4.78 is 4.45. The van der Waals surface area contributed by atoms with Crippen molar-refractivity contribution >= 4 is 0 Å². The monoisotopic (exact) mass is 229 g/mol. The molecule has 0 aliphatic rings. The van der Waals surface area contributed by atoms with Crippen LogP contribution >= 0.6 is 0 Å². The van der Waals surface area contributed by atoms with Crippen LogP contribution in [0, 0.1) is 35.6 Å². The van der Waals surface area contributed by atoms with Crippen LogP contribution in [-0.4, -0.2) is 18.5 Å². The number of methoxy groups -OCH3 is 1. The van der Waals surface area contributed by atoms with Crippen molar-refractivity contribution in [1.29, 1.82) is 0 Å². The average Bonchev–Trinajstić information content (AvgIpc) is 1.65. The third-order valence-electron chi connectivity index (χ3n) is 0.621. The fourth-order valence-corrected chi connectivity index (χ4v) is 0.167. The molecule has 0 fully saturated rings. The smallest absolute Gasteiger partial charge is 0.153 e. The van der Waals surface area contributed by atoms with Gasteiger partial charge in [-0.1, -0.05) is 6.92 Å². The largest absolute Gasteiger partial charge is 0.368 e. The van der Waals surface area contributed by atoms with E-state index in [0.29, 0.717) is 6.42 Å². The minimum Gasteiger partial charge on any atom is -0.368 e. The molecule has 1 radical (unpaired) electrons. The van der Waals surface area contributed by atoms with E-state index >= 15 is 0 Å². The van der Waals surface area contributed by atoms with Crippen molar-refractivity contribution < 1.29 is 45.4 Å². The third kappa shape index (κ3) is 7.11. The molecule has 0 saturated carbocycles. The van der Waals surface area contributed by atoms with E-state index in [2.05, 4.69) is 4.74 Å². The van der Waals surface area contributed by atoms with Crippen LogP contribution in [-0.2, 0) is 4.74 Å². The quantitative estimate of drug-likeness (QED) is 0.693. The van der Waals surface area contributed by atoms with E-state index in [1.165, 1.54) is 7.11 Å². The van der Waals surface area contributed by atoms with E-state index in [4.69, 9.17) is 5.11 Å². The molecule has 2 nitrogen and oxygen atoms in total. The summed E-state index contributed by atoms with van der Waals surface area (Å²) in [6.07, 6.45) is 0.0984. The van der Waals surface area contributed by atoms with Crippen LogP contribution in [0.1, 0.15) is 13.3 Å². The zero-order valence-corrected chi connectivity index (χ0v) is 8.34. The summed E-state index contributed by atoms with van der Waals surface area (Å²) in [4.78, 5) is 0. The maximum absolute atomic E-state index is 8.44. The molecule has 41 valence electrons. The number of aliphatic hydroxyl groups excluding tert-OH is 1. The Morgan fingerprint density at radius 1 is 1.71 bits per heavy atom. The maximum Gasteiger partial charge on any atom is 0.153 e. The number of hydrogen-bond acceptors (Lipinski definition) is 2. The van der Waals surface area contributed by atoms with E-state index in [-0.39, 0.29) is 35.6 Å². The van der Waals surface area contributed by atoms with Crippen molar-refractivity contribution in [3.05, 3.63) is 0 Å². The summed E-state index contributed by atoms with van der Waals surface area (Å²) in [7, 11) is 1.48. The fourth-order valence-electron chi connectivity index (χ4n) is 0.167. The van der Waals surface area contributed by atoms with E-state index in [1.54, 1.807) is 0 Å². The number of hydrogen-bond donors (Lipinski definition) is 1. The Labute approximate surface area is 71.8 Å². The second kappa shape index (κ2) is 7.11. The standard InChI is InChI=1S/C4H10O2.La/c1-3-4(5)6-2;/h4-5H,3H2,1-2H3;. The second-order valence-electron chi connectivity index (χ2n) is 1.10. The molecule has 1 unspecified atom stereocenters. The van der Waals surface area contributed by atoms with Crippen molar-refractivity contribution in [2.45, 2.75) is 19.6 Å². The number of rotatable bonds is 2. The van der Waals surface area contributed by atoms with Crippen molar-refractivity contribution in [3.8, 4) is 0 Å². The fraction of sp³-hybridized carbons (Fsp3) is 1.00. The molecule has 0 heterocycles. The molecule has 0 aliphatic carbocycles. The zero-order valence-electron chi connectivity index (χ0n) is 4.72. The Kier molecular flexibility index (Phi) is 11.2. The molecule has 0 spiro atoms. The van der Waals surface area contributed by atoms with Crippen molar-refractivity contribution in [2.24, 2.45) is 0 Å². The van der Waals surface area contributed by atoms with Gasteiger partial charge >= 0.3 is 0 Å². The van der Waals surface area contributed by atoms with Gasteiger partial charge in [0.15, 0.2) is 6.29 Å². The summed E-state index contributed by atoms with van der Waals surface area (Å²) >= 11 is 0. The third-order valence-corrected chi connectivity index (χ3v) is 0.621. The molecule has 0 aliphatic heterocycles. The van der Waals surface area contributed by atoms with Crippen LogP contribution in [0.3, 0.4) is 0 Å². The van der Waals surface area contributed by atoms with Gasteiger partial charge in [0, 0.05) is 42.7 Å². The van der Waals surface area contributed by atoms with Crippen LogP contribution in [0.25, 0.3) is 0 Å². The van der Waals surface area contributed by atoms with Gasteiger partial charge in [-0.3, -0.25) is 0 Å². The summed E-state index contributed by atoms with van der Waals surface area (Å²) in [5, 5.41) is 8.44. The Hall–Kier alpha value is 1.11. The SMILES string of the molecule is CCC(O)OC.[La].